The molecule has 0 aromatic rings. The number of rotatable bonds is 4. The molecule has 0 radical (unpaired) electrons. The molecule has 2 rings (SSSR count). The van der Waals surface area contributed by atoms with E-state index in [0.29, 0.717) is 24.1 Å². The van der Waals surface area contributed by atoms with Gasteiger partial charge in [-0.1, -0.05) is 25.7 Å². The number of nitrogens with one attached hydrogen (secondary N) is 1. The maximum absolute atomic E-state index is 11.5. The van der Waals surface area contributed by atoms with Gasteiger partial charge in [-0.2, -0.15) is 0 Å². The zero-order valence-electron chi connectivity index (χ0n) is 12.1. The lowest BCUT2D eigenvalue weighted by molar-refractivity contribution is 0.222. The monoisotopic (exact) mass is 288 g/mol. The standard InChI is InChI=1S/C14H28N2O2S/c1-13-12-19(17,18)11-10-16(13)9-8-15-14-6-4-2-3-5-7-14/h13-15H,2-12H2,1H3. The van der Waals surface area contributed by atoms with Crippen molar-refractivity contribution in [3.8, 4) is 0 Å². The van der Waals surface area contributed by atoms with E-state index in [9.17, 15) is 8.42 Å². The van der Waals surface area contributed by atoms with Gasteiger partial charge in [0, 0.05) is 31.7 Å². The van der Waals surface area contributed by atoms with E-state index in [4.69, 9.17) is 0 Å². The molecule has 1 unspecified atom stereocenters. The van der Waals surface area contributed by atoms with Crippen LogP contribution in [0.1, 0.15) is 45.4 Å². The van der Waals surface area contributed by atoms with Crippen molar-refractivity contribution < 1.29 is 8.42 Å². The second-order valence-electron chi connectivity index (χ2n) is 6.14. The van der Waals surface area contributed by atoms with Gasteiger partial charge in [-0.15, -0.1) is 0 Å². The first-order valence-electron chi connectivity index (χ1n) is 7.75. The molecule has 1 saturated heterocycles. The van der Waals surface area contributed by atoms with Gasteiger partial charge in [-0.25, -0.2) is 8.42 Å². The van der Waals surface area contributed by atoms with Crippen LogP contribution in [-0.2, 0) is 9.84 Å². The fraction of sp³-hybridized carbons (Fsp3) is 1.00. The Bertz CT molecular complexity index is 362. The first kappa shape index (κ1) is 15.3. The smallest absolute Gasteiger partial charge is 0.153 e. The lowest BCUT2D eigenvalue weighted by Gasteiger charge is -2.33. The van der Waals surface area contributed by atoms with Crippen LogP contribution in [-0.4, -0.2) is 56.5 Å². The van der Waals surface area contributed by atoms with Crippen LogP contribution in [0.15, 0.2) is 0 Å². The summed E-state index contributed by atoms with van der Waals surface area (Å²) in [6.45, 7) is 4.71. The van der Waals surface area contributed by atoms with Crippen LogP contribution in [0.5, 0.6) is 0 Å². The minimum atomic E-state index is -2.78. The SMILES string of the molecule is CC1CS(=O)(=O)CCN1CCNC1CCCCCC1. The third-order valence-corrected chi connectivity index (χ3v) is 6.29. The highest BCUT2D eigenvalue weighted by molar-refractivity contribution is 7.91. The first-order valence-corrected chi connectivity index (χ1v) is 9.57. The Morgan fingerprint density at radius 1 is 1.16 bits per heavy atom. The second kappa shape index (κ2) is 7.04. The molecule has 19 heavy (non-hydrogen) atoms. The average Bonchev–Trinajstić information content (AvgIpc) is 2.60. The van der Waals surface area contributed by atoms with Crippen molar-refractivity contribution in [2.24, 2.45) is 0 Å². The average molecular weight is 288 g/mol. The molecule has 1 saturated carbocycles. The summed E-state index contributed by atoms with van der Waals surface area (Å²) in [5.41, 5.74) is 0. The summed E-state index contributed by atoms with van der Waals surface area (Å²) in [7, 11) is -2.78. The molecule has 0 aromatic heterocycles. The molecule has 0 bridgehead atoms. The molecule has 1 heterocycles. The Balaban J connectivity index is 1.68. The van der Waals surface area contributed by atoms with Crippen molar-refractivity contribution >= 4 is 9.84 Å². The fourth-order valence-corrected chi connectivity index (χ4v) is 4.89. The summed E-state index contributed by atoms with van der Waals surface area (Å²) in [6.07, 6.45) is 8.11. The third kappa shape index (κ3) is 5.04. The Kier molecular flexibility index (Phi) is 5.66. The zero-order valence-corrected chi connectivity index (χ0v) is 12.9. The minimum absolute atomic E-state index is 0.176. The molecule has 1 aliphatic carbocycles. The molecule has 0 spiro atoms. The van der Waals surface area contributed by atoms with Crippen molar-refractivity contribution in [2.45, 2.75) is 57.5 Å². The van der Waals surface area contributed by atoms with Gasteiger partial charge in [0.2, 0.25) is 0 Å². The number of hydrogen-bond acceptors (Lipinski definition) is 4. The number of sulfone groups is 1. The van der Waals surface area contributed by atoms with Crippen molar-refractivity contribution in [1.29, 1.82) is 0 Å². The molecule has 2 aliphatic rings. The predicted octanol–water partition coefficient (Wildman–Crippen LogP) is 1.42. The molecule has 1 N–H and O–H groups in total. The maximum atomic E-state index is 11.5. The van der Waals surface area contributed by atoms with Crippen molar-refractivity contribution in [3.63, 3.8) is 0 Å². The van der Waals surface area contributed by atoms with Gasteiger partial charge in [-0.05, 0) is 19.8 Å². The summed E-state index contributed by atoms with van der Waals surface area (Å²) in [5.74, 6) is 0.664. The van der Waals surface area contributed by atoms with Crippen molar-refractivity contribution in [2.75, 3.05) is 31.1 Å². The van der Waals surface area contributed by atoms with Crippen LogP contribution in [0.25, 0.3) is 0 Å². The normalized spacial score (nSPS) is 30.1. The fourth-order valence-electron chi connectivity index (χ4n) is 3.26. The second-order valence-corrected chi connectivity index (χ2v) is 8.37. The van der Waals surface area contributed by atoms with Gasteiger partial charge in [0.25, 0.3) is 0 Å². The van der Waals surface area contributed by atoms with Gasteiger partial charge < -0.3 is 5.32 Å². The van der Waals surface area contributed by atoms with E-state index in [2.05, 4.69) is 10.2 Å². The van der Waals surface area contributed by atoms with Gasteiger partial charge in [0.1, 0.15) is 0 Å². The maximum Gasteiger partial charge on any atom is 0.153 e. The zero-order chi connectivity index (χ0) is 13.7. The third-order valence-electron chi connectivity index (χ3n) is 4.50. The first-order chi connectivity index (χ1) is 9.07. The largest absolute Gasteiger partial charge is 0.313 e. The van der Waals surface area contributed by atoms with Crippen LogP contribution in [0.2, 0.25) is 0 Å². The van der Waals surface area contributed by atoms with Crippen LogP contribution in [0.3, 0.4) is 0 Å². The van der Waals surface area contributed by atoms with E-state index in [-0.39, 0.29) is 6.04 Å². The van der Waals surface area contributed by atoms with Gasteiger partial charge >= 0.3 is 0 Å². The number of nitrogens with zero attached hydrogens (tertiary/aromatic N) is 1. The Hall–Kier alpha value is -0.130. The molecule has 1 aliphatic heterocycles. The number of hydrogen-bond donors (Lipinski definition) is 1. The van der Waals surface area contributed by atoms with Gasteiger partial charge in [0.15, 0.2) is 9.84 Å². The molecule has 2 fully saturated rings. The predicted molar refractivity (Wildman–Crippen MR) is 79.2 cm³/mol. The van der Waals surface area contributed by atoms with Gasteiger partial charge in [-0.3, -0.25) is 4.90 Å². The molecular weight excluding hydrogens is 260 g/mol. The highest BCUT2D eigenvalue weighted by Crippen LogP contribution is 2.17. The van der Waals surface area contributed by atoms with E-state index in [1.807, 2.05) is 6.92 Å². The molecule has 0 aromatic carbocycles. The molecule has 0 amide bonds. The van der Waals surface area contributed by atoms with E-state index < -0.39 is 9.84 Å². The van der Waals surface area contributed by atoms with E-state index >= 15 is 0 Å². The summed E-state index contributed by atoms with van der Waals surface area (Å²) in [6, 6.07) is 0.862. The van der Waals surface area contributed by atoms with Crippen LogP contribution >= 0.6 is 0 Å². The summed E-state index contributed by atoms with van der Waals surface area (Å²) in [4.78, 5) is 2.31. The highest BCUT2D eigenvalue weighted by Gasteiger charge is 2.27. The van der Waals surface area contributed by atoms with Crippen molar-refractivity contribution in [1.82, 2.24) is 10.2 Å². The lowest BCUT2D eigenvalue weighted by Crippen LogP contribution is -2.49. The van der Waals surface area contributed by atoms with Crippen LogP contribution in [0.4, 0.5) is 0 Å². The summed E-state index contributed by atoms with van der Waals surface area (Å²) < 4.78 is 23.0. The molecule has 112 valence electrons. The summed E-state index contributed by atoms with van der Waals surface area (Å²) in [5, 5.41) is 3.66. The van der Waals surface area contributed by atoms with E-state index in [1.54, 1.807) is 0 Å². The molecule has 5 heteroatoms. The van der Waals surface area contributed by atoms with E-state index in [1.165, 1.54) is 38.5 Å². The topological polar surface area (TPSA) is 49.4 Å². The van der Waals surface area contributed by atoms with Gasteiger partial charge in [0.05, 0.1) is 11.5 Å². The lowest BCUT2D eigenvalue weighted by atomic mass is 10.1. The summed E-state index contributed by atoms with van der Waals surface area (Å²) >= 11 is 0. The Morgan fingerprint density at radius 3 is 2.47 bits per heavy atom. The Labute approximate surface area is 117 Å². The Morgan fingerprint density at radius 2 is 1.84 bits per heavy atom. The molecular formula is C14H28N2O2S. The van der Waals surface area contributed by atoms with Crippen LogP contribution < -0.4 is 5.32 Å². The molecule has 1 atom stereocenters. The minimum Gasteiger partial charge on any atom is -0.313 e. The van der Waals surface area contributed by atoms with E-state index in [0.717, 1.165) is 13.1 Å². The van der Waals surface area contributed by atoms with Crippen molar-refractivity contribution in [3.05, 3.63) is 0 Å². The highest BCUT2D eigenvalue weighted by atomic mass is 32.2. The van der Waals surface area contributed by atoms with Crippen LogP contribution in [0, 0.1) is 0 Å². The quantitative estimate of drug-likeness (QED) is 0.795. The molecule has 4 nitrogen and oxygen atoms in total.